The summed E-state index contributed by atoms with van der Waals surface area (Å²) in [5.41, 5.74) is 1.15. The maximum absolute atomic E-state index is 12.6. The lowest BCUT2D eigenvalue weighted by molar-refractivity contribution is -0.113. The van der Waals surface area contributed by atoms with E-state index in [4.69, 9.17) is 27.9 Å². The van der Waals surface area contributed by atoms with E-state index in [0.717, 1.165) is 16.7 Å². The molecule has 2 aromatic carbocycles. The standard InChI is InChI=1S/C17H11Cl2NO3S/c1-23-14-6-5-10(7-13(14)19)8-15-16(21)20(17(22)24-15)12-4-2-3-11(18)9-12/h2-9H,1H3/b15-8+. The number of anilines is 1. The second-order valence-corrected chi connectivity index (χ2v) is 6.73. The van der Waals surface area contributed by atoms with Gasteiger partial charge in [-0.25, -0.2) is 4.90 Å². The topological polar surface area (TPSA) is 46.6 Å². The predicted octanol–water partition coefficient (Wildman–Crippen LogP) is 5.24. The average molecular weight is 380 g/mol. The summed E-state index contributed by atoms with van der Waals surface area (Å²) in [5.74, 6) is 0.153. The van der Waals surface area contributed by atoms with Crippen LogP contribution in [0.5, 0.6) is 5.75 Å². The highest BCUT2D eigenvalue weighted by Crippen LogP contribution is 2.37. The Labute approximate surface area is 153 Å². The number of methoxy groups -OCH3 is 1. The van der Waals surface area contributed by atoms with Crippen LogP contribution in [0.1, 0.15) is 5.56 Å². The van der Waals surface area contributed by atoms with Crippen molar-refractivity contribution in [3.8, 4) is 5.75 Å². The number of rotatable bonds is 3. The molecule has 0 spiro atoms. The fraction of sp³-hybridized carbons (Fsp3) is 0.0588. The maximum Gasteiger partial charge on any atom is 0.298 e. The van der Waals surface area contributed by atoms with Gasteiger partial charge in [0.1, 0.15) is 5.75 Å². The van der Waals surface area contributed by atoms with Crippen LogP contribution in [0.4, 0.5) is 10.5 Å². The number of thioether (sulfide) groups is 1. The normalized spacial score (nSPS) is 16.1. The number of ether oxygens (including phenoxy) is 1. The molecule has 24 heavy (non-hydrogen) atoms. The first-order chi connectivity index (χ1) is 11.5. The predicted molar refractivity (Wildman–Crippen MR) is 97.9 cm³/mol. The Hall–Kier alpha value is -1.95. The van der Waals surface area contributed by atoms with Crippen LogP contribution in [-0.2, 0) is 4.79 Å². The van der Waals surface area contributed by atoms with Gasteiger partial charge in [-0.2, -0.15) is 0 Å². The first-order valence-electron chi connectivity index (χ1n) is 6.86. The fourth-order valence-corrected chi connectivity index (χ4v) is 3.52. The van der Waals surface area contributed by atoms with Gasteiger partial charge in [0.25, 0.3) is 11.1 Å². The van der Waals surface area contributed by atoms with E-state index < -0.39 is 0 Å². The molecule has 0 atom stereocenters. The molecule has 122 valence electrons. The van der Waals surface area contributed by atoms with Crippen molar-refractivity contribution in [2.75, 3.05) is 12.0 Å². The largest absolute Gasteiger partial charge is 0.495 e. The second-order valence-electron chi connectivity index (χ2n) is 4.89. The van der Waals surface area contributed by atoms with Gasteiger partial charge < -0.3 is 4.74 Å². The van der Waals surface area contributed by atoms with E-state index in [1.165, 1.54) is 7.11 Å². The van der Waals surface area contributed by atoms with Gasteiger partial charge in [-0.1, -0.05) is 35.3 Å². The minimum atomic E-state index is -0.390. The molecular weight excluding hydrogens is 369 g/mol. The van der Waals surface area contributed by atoms with E-state index in [-0.39, 0.29) is 11.1 Å². The Morgan fingerprint density at radius 1 is 1.12 bits per heavy atom. The van der Waals surface area contributed by atoms with E-state index in [9.17, 15) is 9.59 Å². The van der Waals surface area contributed by atoms with Gasteiger partial charge >= 0.3 is 0 Å². The average Bonchev–Trinajstić information content (AvgIpc) is 2.81. The number of benzene rings is 2. The van der Waals surface area contributed by atoms with Gasteiger partial charge in [-0.05, 0) is 53.7 Å². The molecule has 1 heterocycles. The summed E-state index contributed by atoms with van der Waals surface area (Å²) in [7, 11) is 1.53. The summed E-state index contributed by atoms with van der Waals surface area (Å²) in [6.45, 7) is 0. The van der Waals surface area contributed by atoms with E-state index >= 15 is 0 Å². The third kappa shape index (κ3) is 3.29. The van der Waals surface area contributed by atoms with Crippen molar-refractivity contribution in [3.05, 3.63) is 63.0 Å². The Balaban J connectivity index is 1.92. The number of amides is 2. The zero-order valence-electron chi connectivity index (χ0n) is 12.5. The quantitative estimate of drug-likeness (QED) is 0.683. The molecule has 0 N–H and O–H groups in total. The molecule has 3 rings (SSSR count). The zero-order valence-corrected chi connectivity index (χ0v) is 14.8. The molecule has 4 nitrogen and oxygen atoms in total. The van der Waals surface area contributed by atoms with Crippen LogP contribution in [0, 0.1) is 0 Å². The molecule has 0 aliphatic carbocycles. The molecule has 0 unspecified atom stereocenters. The van der Waals surface area contributed by atoms with Crippen molar-refractivity contribution in [1.29, 1.82) is 0 Å². The van der Waals surface area contributed by atoms with Crippen LogP contribution in [-0.4, -0.2) is 18.3 Å². The number of hydrogen-bond acceptors (Lipinski definition) is 4. The number of nitrogens with zero attached hydrogens (tertiary/aromatic N) is 1. The molecule has 0 radical (unpaired) electrons. The first kappa shape index (κ1) is 16.9. The second kappa shape index (κ2) is 6.89. The van der Waals surface area contributed by atoms with E-state index in [0.29, 0.717) is 32.0 Å². The van der Waals surface area contributed by atoms with Gasteiger partial charge in [-0.15, -0.1) is 0 Å². The zero-order chi connectivity index (χ0) is 17.3. The molecule has 2 aromatic rings. The fourth-order valence-electron chi connectivity index (χ4n) is 2.23. The van der Waals surface area contributed by atoms with Gasteiger partial charge in [-0.3, -0.25) is 9.59 Å². The summed E-state index contributed by atoms with van der Waals surface area (Å²) in [6, 6.07) is 11.7. The lowest BCUT2D eigenvalue weighted by atomic mass is 10.2. The summed E-state index contributed by atoms with van der Waals surface area (Å²) in [6.07, 6.45) is 1.63. The Morgan fingerprint density at radius 3 is 2.58 bits per heavy atom. The van der Waals surface area contributed by atoms with Gasteiger partial charge in [0.05, 0.1) is 22.7 Å². The monoisotopic (exact) mass is 379 g/mol. The third-order valence-electron chi connectivity index (χ3n) is 3.33. The summed E-state index contributed by atoms with van der Waals surface area (Å²) in [4.78, 5) is 26.2. The van der Waals surface area contributed by atoms with Gasteiger partial charge in [0.2, 0.25) is 0 Å². The van der Waals surface area contributed by atoms with Crippen LogP contribution in [0.25, 0.3) is 6.08 Å². The van der Waals surface area contributed by atoms with Crippen molar-refractivity contribution < 1.29 is 14.3 Å². The van der Waals surface area contributed by atoms with Crippen molar-refractivity contribution >= 4 is 57.9 Å². The molecule has 1 aliphatic rings. The molecule has 0 saturated carbocycles. The molecule has 1 fully saturated rings. The van der Waals surface area contributed by atoms with Crippen molar-refractivity contribution in [2.45, 2.75) is 0 Å². The number of carbonyl (C=O) groups is 2. The SMILES string of the molecule is COc1ccc(/C=C2/SC(=O)N(c3cccc(Cl)c3)C2=O)cc1Cl. The minimum absolute atomic E-state index is 0.321. The van der Waals surface area contributed by atoms with Crippen LogP contribution < -0.4 is 9.64 Å². The van der Waals surface area contributed by atoms with Crippen LogP contribution in [0.3, 0.4) is 0 Å². The van der Waals surface area contributed by atoms with Crippen molar-refractivity contribution in [2.24, 2.45) is 0 Å². The molecule has 1 saturated heterocycles. The molecule has 7 heteroatoms. The van der Waals surface area contributed by atoms with E-state index in [1.54, 1.807) is 48.5 Å². The van der Waals surface area contributed by atoms with Gasteiger partial charge in [0.15, 0.2) is 0 Å². The van der Waals surface area contributed by atoms with Crippen LogP contribution in [0.2, 0.25) is 10.0 Å². The van der Waals surface area contributed by atoms with E-state index in [2.05, 4.69) is 0 Å². The highest BCUT2D eigenvalue weighted by Gasteiger charge is 2.36. The van der Waals surface area contributed by atoms with Gasteiger partial charge in [0, 0.05) is 5.02 Å². The van der Waals surface area contributed by atoms with Crippen LogP contribution in [0.15, 0.2) is 47.4 Å². The number of imide groups is 1. The third-order valence-corrected chi connectivity index (χ3v) is 4.73. The molecule has 0 aromatic heterocycles. The first-order valence-corrected chi connectivity index (χ1v) is 8.44. The number of carbonyl (C=O) groups excluding carboxylic acids is 2. The Bertz CT molecular complexity index is 867. The summed E-state index contributed by atoms with van der Waals surface area (Å²) < 4.78 is 5.09. The Kier molecular flexibility index (Phi) is 4.85. The summed E-state index contributed by atoms with van der Waals surface area (Å²) in [5, 5.41) is 0.519. The van der Waals surface area contributed by atoms with E-state index in [1.807, 2.05) is 0 Å². The van der Waals surface area contributed by atoms with Crippen molar-refractivity contribution in [1.82, 2.24) is 0 Å². The molecule has 1 aliphatic heterocycles. The maximum atomic E-state index is 12.6. The number of hydrogen-bond donors (Lipinski definition) is 0. The highest BCUT2D eigenvalue weighted by atomic mass is 35.5. The lowest BCUT2D eigenvalue weighted by Crippen LogP contribution is -2.27. The molecule has 0 bridgehead atoms. The number of halogens is 2. The Morgan fingerprint density at radius 2 is 1.92 bits per heavy atom. The summed E-state index contributed by atoms with van der Waals surface area (Å²) >= 11 is 12.9. The smallest absolute Gasteiger partial charge is 0.298 e. The lowest BCUT2D eigenvalue weighted by Gasteiger charge is -2.12. The highest BCUT2D eigenvalue weighted by molar-refractivity contribution is 8.19. The van der Waals surface area contributed by atoms with Crippen LogP contribution >= 0.6 is 35.0 Å². The minimum Gasteiger partial charge on any atom is -0.495 e. The molecular formula is C17H11Cl2NO3S. The van der Waals surface area contributed by atoms with Crippen molar-refractivity contribution in [3.63, 3.8) is 0 Å². The molecule has 2 amide bonds.